The van der Waals surface area contributed by atoms with Crippen molar-refractivity contribution in [3.8, 4) is 6.07 Å². The zero-order valence-corrected chi connectivity index (χ0v) is 11.6. The summed E-state index contributed by atoms with van der Waals surface area (Å²) in [4.78, 5) is 3.82. The molecule has 0 aromatic carbocycles. The topological polar surface area (TPSA) is 108 Å². The van der Waals surface area contributed by atoms with Crippen molar-refractivity contribution in [3.63, 3.8) is 0 Å². The standard InChI is InChI=1S/C9H11N3O4S2/c1-7-4-5-8(6-10)9(11-7)12(17(2,13)14)18(3,15)16/h4-5H,1-3H3. The van der Waals surface area contributed by atoms with Crippen molar-refractivity contribution in [1.82, 2.24) is 4.98 Å². The van der Waals surface area contributed by atoms with Gasteiger partial charge < -0.3 is 0 Å². The summed E-state index contributed by atoms with van der Waals surface area (Å²) in [6.45, 7) is 1.56. The van der Waals surface area contributed by atoms with Crippen molar-refractivity contribution >= 4 is 25.9 Å². The maximum absolute atomic E-state index is 11.6. The molecule has 1 aromatic heterocycles. The minimum atomic E-state index is -4.09. The summed E-state index contributed by atoms with van der Waals surface area (Å²) in [5.41, 5.74) is 0.276. The Morgan fingerprint density at radius 2 is 1.67 bits per heavy atom. The third-order valence-electron chi connectivity index (χ3n) is 1.91. The van der Waals surface area contributed by atoms with E-state index in [1.165, 1.54) is 12.1 Å². The molecule has 0 fully saturated rings. The van der Waals surface area contributed by atoms with Crippen molar-refractivity contribution in [2.45, 2.75) is 6.92 Å². The van der Waals surface area contributed by atoms with E-state index in [1.54, 1.807) is 13.0 Å². The SMILES string of the molecule is Cc1ccc(C#N)c(N(S(C)(=O)=O)S(C)(=O)=O)n1. The molecule has 0 aliphatic heterocycles. The van der Waals surface area contributed by atoms with Crippen molar-refractivity contribution < 1.29 is 16.8 Å². The fourth-order valence-electron chi connectivity index (χ4n) is 1.33. The van der Waals surface area contributed by atoms with Crippen molar-refractivity contribution in [2.75, 3.05) is 16.2 Å². The predicted molar refractivity (Wildman–Crippen MR) is 65.9 cm³/mol. The molecular formula is C9H11N3O4S2. The van der Waals surface area contributed by atoms with E-state index in [0.717, 1.165) is 12.5 Å². The number of hydrogen-bond acceptors (Lipinski definition) is 6. The molecule has 0 aliphatic carbocycles. The second kappa shape index (κ2) is 4.55. The summed E-state index contributed by atoms with van der Waals surface area (Å²) in [5.74, 6) is -0.400. The first kappa shape index (κ1) is 14.4. The third kappa shape index (κ3) is 2.96. The highest BCUT2D eigenvalue weighted by atomic mass is 32.3. The van der Waals surface area contributed by atoms with Gasteiger partial charge in [-0.25, -0.2) is 21.8 Å². The second-order valence-electron chi connectivity index (χ2n) is 3.66. The molecule has 9 heteroatoms. The van der Waals surface area contributed by atoms with Gasteiger partial charge in [0.2, 0.25) is 20.0 Å². The van der Waals surface area contributed by atoms with Crippen molar-refractivity contribution in [2.24, 2.45) is 0 Å². The number of anilines is 1. The largest absolute Gasteiger partial charge is 0.246 e. The number of rotatable bonds is 3. The Balaban J connectivity index is 3.71. The number of sulfonamides is 2. The van der Waals surface area contributed by atoms with Gasteiger partial charge >= 0.3 is 0 Å². The van der Waals surface area contributed by atoms with Crippen LogP contribution >= 0.6 is 0 Å². The van der Waals surface area contributed by atoms with Crippen LogP contribution in [0.25, 0.3) is 0 Å². The van der Waals surface area contributed by atoms with Gasteiger partial charge in [0.15, 0.2) is 5.82 Å². The monoisotopic (exact) mass is 289 g/mol. The van der Waals surface area contributed by atoms with Crippen LogP contribution in [0.5, 0.6) is 0 Å². The van der Waals surface area contributed by atoms with Crippen LogP contribution in [0.15, 0.2) is 12.1 Å². The summed E-state index contributed by atoms with van der Waals surface area (Å²) in [6.07, 6.45) is 1.47. The maximum Gasteiger partial charge on any atom is 0.246 e. The molecule has 0 aliphatic rings. The lowest BCUT2D eigenvalue weighted by Crippen LogP contribution is -2.36. The molecule has 0 radical (unpaired) electrons. The smallest absolute Gasteiger partial charge is 0.233 e. The van der Waals surface area contributed by atoms with E-state index >= 15 is 0 Å². The lowest BCUT2D eigenvalue weighted by atomic mass is 10.2. The van der Waals surface area contributed by atoms with Gasteiger partial charge in [0, 0.05) is 5.69 Å². The van der Waals surface area contributed by atoms with Crippen molar-refractivity contribution in [3.05, 3.63) is 23.4 Å². The van der Waals surface area contributed by atoms with Crippen LogP contribution in [0.4, 0.5) is 5.82 Å². The molecule has 7 nitrogen and oxygen atoms in total. The van der Waals surface area contributed by atoms with Gasteiger partial charge in [-0.3, -0.25) is 0 Å². The van der Waals surface area contributed by atoms with E-state index in [0.29, 0.717) is 5.69 Å². The predicted octanol–water partition coefficient (Wildman–Crippen LogP) is -0.0127. The molecule has 98 valence electrons. The molecule has 0 saturated heterocycles. The molecule has 0 amide bonds. The van der Waals surface area contributed by atoms with Gasteiger partial charge in [0.25, 0.3) is 0 Å². The highest BCUT2D eigenvalue weighted by Gasteiger charge is 2.30. The Hall–Kier alpha value is -1.66. The highest BCUT2D eigenvalue weighted by Crippen LogP contribution is 2.23. The van der Waals surface area contributed by atoms with Gasteiger partial charge in [-0.05, 0) is 19.1 Å². The minimum absolute atomic E-state index is 0.128. The van der Waals surface area contributed by atoms with Gasteiger partial charge in [0.05, 0.1) is 18.1 Å². The first-order valence-electron chi connectivity index (χ1n) is 4.65. The second-order valence-corrected chi connectivity index (χ2v) is 7.55. The normalized spacial score (nSPS) is 11.9. The van der Waals surface area contributed by atoms with Gasteiger partial charge in [-0.2, -0.15) is 5.26 Å². The highest BCUT2D eigenvalue weighted by molar-refractivity contribution is 8.09. The fourth-order valence-corrected chi connectivity index (χ4v) is 4.20. The molecule has 0 N–H and O–H groups in total. The Morgan fingerprint density at radius 1 is 1.17 bits per heavy atom. The Kier molecular flexibility index (Phi) is 3.64. The van der Waals surface area contributed by atoms with Crippen LogP contribution in [0.1, 0.15) is 11.3 Å². The Bertz CT molecular complexity index is 685. The minimum Gasteiger partial charge on any atom is -0.233 e. The van der Waals surface area contributed by atoms with Gasteiger partial charge in [0.1, 0.15) is 6.07 Å². The summed E-state index contributed by atoms with van der Waals surface area (Å²) in [5, 5.41) is 8.88. The first-order valence-corrected chi connectivity index (χ1v) is 8.35. The molecule has 1 rings (SSSR count). The van der Waals surface area contributed by atoms with Crippen LogP contribution in [-0.2, 0) is 20.0 Å². The Labute approximate surface area is 106 Å². The average Bonchev–Trinajstić information content (AvgIpc) is 2.13. The van der Waals surface area contributed by atoms with Crippen LogP contribution in [-0.4, -0.2) is 34.3 Å². The van der Waals surface area contributed by atoms with Crippen molar-refractivity contribution in [1.29, 1.82) is 5.26 Å². The number of nitriles is 1. The lowest BCUT2D eigenvalue weighted by Gasteiger charge is -2.19. The van der Waals surface area contributed by atoms with Crippen LogP contribution < -0.4 is 3.71 Å². The number of nitrogens with zero attached hydrogens (tertiary/aromatic N) is 3. The summed E-state index contributed by atoms with van der Waals surface area (Å²) in [6, 6.07) is 4.53. The molecule has 1 heterocycles. The fraction of sp³-hybridized carbons (Fsp3) is 0.333. The van der Waals surface area contributed by atoms with E-state index in [9.17, 15) is 16.8 Å². The van der Waals surface area contributed by atoms with Crippen LogP contribution in [0.3, 0.4) is 0 Å². The van der Waals surface area contributed by atoms with E-state index in [4.69, 9.17) is 5.26 Å². The maximum atomic E-state index is 11.6. The van der Waals surface area contributed by atoms with Crippen LogP contribution in [0, 0.1) is 18.3 Å². The number of pyridine rings is 1. The summed E-state index contributed by atoms with van der Waals surface area (Å²) < 4.78 is 46.4. The molecule has 0 spiro atoms. The lowest BCUT2D eigenvalue weighted by molar-refractivity contribution is 0.590. The quantitative estimate of drug-likeness (QED) is 0.774. The van der Waals surface area contributed by atoms with E-state index < -0.39 is 25.9 Å². The molecule has 0 saturated carbocycles. The van der Waals surface area contributed by atoms with E-state index in [-0.39, 0.29) is 9.27 Å². The average molecular weight is 289 g/mol. The molecule has 0 atom stereocenters. The molecule has 0 bridgehead atoms. The first-order chi connectivity index (χ1) is 8.07. The third-order valence-corrected chi connectivity index (χ3v) is 5.09. The van der Waals surface area contributed by atoms with E-state index in [2.05, 4.69) is 4.98 Å². The molecule has 1 aromatic rings. The number of hydrogen-bond donors (Lipinski definition) is 0. The van der Waals surface area contributed by atoms with E-state index in [1.807, 2.05) is 0 Å². The zero-order chi connectivity index (χ0) is 14.1. The van der Waals surface area contributed by atoms with Crippen LogP contribution in [0.2, 0.25) is 0 Å². The molecule has 0 unspecified atom stereocenters. The number of aromatic nitrogens is 1. The van der Waals surface area contributed by atoms with Gasteiger partial charge in [-0.15, -0.1) is 3.71 Å². The van der Waals surface area contributed by atoms with Gasteiger partial charge in [-0.1, -0.05) is 0 Å². The molecule has 18 heavy (non-hydrogen) atoms. The zero-order valence-electron chi connectivity index (χ0n) is 9.95. The summed E-state index contributed by atoms with van der Waals surface area (Å²) in [7, 11) is -8.19. The number of aryl methyl sites for hydroxylation is 1. The Morgan fingerprint density at radius 3 is 2.06 bits per heavy atom. The summed E-state index contributed by atoms with van der Waals surface area (Å²) >= 11 is 0. The molecular weight excluding hydrogens is 278 g/mol.